The minimum atomic E-state index is -0.131. The SMILES string of the molecule is NC(=NO)c1nccnc1-n1cncn1. The molecule has 15 heavy (non-hydrogen) atoms. The molecule has 0 aliphatic carbocycles. The van der Waals surface area contributed by atoms with Crippen LogP contribution in [0.5, 0.6) is 0 Å². The van der Waals surface area contributed by atoms with Gasteiger partial charge in [-0.05, 0) is 0 Å². The summed E-state index contributed by atoms with van der Waals surface area (Å²) < 4.78 is 1.38. The number of oxime groups is 1. The molecule has 0 atom stereocenters. The highest BCUT2D eigenvalue weighted by atomic mass is 16.4. The Balaban J connectivity index is 2.57. The molecule has 0 aliphatic rings. The Morgan fingerprint density at radius 2 is 2.20 bits per heavy atom. The topological polar surface area (TPSA) is 115 Å². The molecule has 0 fully saturated rings. The molecule has 0 saturated heterocycles. The lowest BCUT2D eigenvalue weighted by molar-refractivity contribution is 0.318. The van der Waals surface area contributed by atoms with E-state index in [4.69, 9.17) is 10.9 Å². The maximum Gasteiger partial charge on any atom is 0.192 e. The van der Waals surface area contributed by atoms with Crippen molar-refractivity contribution >= 4 is 5.84 Å². The molecule has 0 saturated carbocycles. The van der Waals surface area contributed by atoms with Crippen LogP contribution >= 0.6 is 0 Å². The average molecular weight is 205 g/mol. The predicted molar refractivity (Wildman–Crippen MR) is 49.5 cm³/mol. The van der Waals surface area contributed by atoms with Crippen molar-refractivity contribution in [1.82, 2.24) is 24.7 Å². The molecule has 3 N–H and O–H groups in total. The van der Waals surface area contributed by atoms with Crippen molar-refractivity contribution in [2.24, 2.45) is 10.9 Å². The highest BCUT2D eigenvalue weighted by Gasteiger charge is 2.11. The fraction of sp³-hybridized carbons (Fsp3) is 0. The first-order valence-electron chi connectivity index (χ1n) is 3.97. The fourth-order valence-corrected chi connectivity index (χ4v) is 1.04. The van der Waals surface area contributed by atoms with Crippen molar-refractivity contribution in [2.75, 3.05) is 0 Å². The highest BCUT2D eigenvalue weighted by Crippen LogP contribution is 2.05. The Morgan fingerprint density at radius 3 is 2.87 bits per heavy atom. The molecule has 2 rings (SSSR count). The molecule has 0 radical (unpaired) electrons. The number of rotatable bonds is 2. The van der Waals surface area contributed by atoms with Crippen molar-refractivity contribution in [2.45, 2.75) is 0 Å². The molecule has 2 heterocycles. The van der Waals surface area contributed by atoms with Crippen molar-refractivity contribution in [1.29, 1.82) is 0 Å². The predicted octanol–water partition coefficient (Wildman–Crippen LogP) is -0.848. The lowest BCUT2D eigenvalue weighted by Gasteiger charge is -2.03. The van der Waals surface area contributed by atoms with Gasteiger partial charge in [0.1, 0.15) is 12.7 Å². The second-order valence-electron chi connectivity index (χ2n) is 2.55. The molecule has 0 spiro atoms. The van der Waals surface area contributed by atoms with Gasteiger partial charge in [-0.1, -0.05) is 5.16 Å². The number of nitrogens with zero attached hydrogens (tertiary/aromatic N) is 6. The summed E-state index contributed by atoms with van der Waals surface area (Å²) in [6.07, 6.45) is 5.71. The van der Waals surface area contributed by atoms with Gasteiger partial charge in [0.05, 0.1) is 0 Å². The first kappa shape index (κ1) is 9.06. The third-order valence-electron chi connectivity index (χ3n) is 1.67. The Morgan fingerprint density at radius 1 is 1.40 bits per heavy atom. The van der Waals surface area contributed by atoms with Gasteiger partial charge in [0.2, 0.25) is 0 Å². The van der Waals surface area contributed by atoms with Gasteiger partial charge in [-0.2, -0.15) is 5.10 Å². The van der Waals surface area contributed by atoms with Crippen LogP contribution in [0.1, 0.15) is 5.69 Å². The summed E-state index contributed by atoms with van der Waals surface area (Å²) in [5.74, 6) is 0.221. The molecule has 76 valence electrons. The molecule has 8 heteroatoms. The summed E-state index contributed by atoms with van der Waals surface area (Å²) in [6, 6.07) is 0. The minimum Gasteiger partial charge on any atom is -0.409 e. The van der Waals surface area contributed by atoms with E-state index < -0.39 is 0 Å². The van der Waals surface area contributed by atoms with Crippen molar-refractivity contribution in [3.63, 3.8) is 0 Å². The molecular weight excluding hydrogens is 198 g/mol. The van der Waals surface area contributed by atoms with Crippen LogP contribution in [0.15, 0.2) is 30.2 Å². The number of amidine groups is 1. The maximum absolute atomic E-state index is 8.56. The lowest BCUT2D eigenvalue weighted by atomic mass is 10.4. The van der Waals surface area contributed by atoms with Crippen LogP contribution in [0.3, 0.4) is 0 Å². The number of hydrogen-bond acceptors (Lipinski definition) is 6. The van der Waals surface area contributed by atoms with Gasteiger partial charge in [0, 0.05) is 12.4 Å². The zero-order valence-electron chi connectivity index (χ0n) is 7.52. The van der Waals surface area contributed by atoms with Gasteiger partial charge in [-0.3, -0.25) is 0 Å². The van der Waals surface area contributed by atoms with Crippen molar-refractivity contribution in [3.8, 4) is 5.82 Å². The Bertz CT molecular complexity index is 478. The van der Waals surface area contributed by atoms with Gasteiger partial charge in [0.15, 0.2) is 17.3 Å². The fourth-order valence-electron chi connectivity index (χ4n) is 1.04. The van der Waals surface area contributed by atoms with Gasteiger partial charge in [0.25, 0.3) is 0 Å². The molecule has 0 unspecified atom stereocenters. The molecule has 0 bridgehead atoms. The lowest BCUT2D eigenvalue weighted by Crippen LogP contribution is -2.19. The van der Waals surface area contributed by atoms with Gasteiger partial charge in [-0.15, -0.1) is 0 Å². The van der Waals surface area contributed by atoms with Crippen molar-refractivity contribution < 1.29 is 5.21 Å². The zero-order valence-corrected chi connectivity index (χ0v) is 7.52. The number of hydrogen-bond donors (Lipinski definition) is 2. The second-order valence-corrected chi connectivity index (χ2v) is 2.55. The third-order valence-corrected chi connectivity index (χ3v) is 1.67. The van der Waals surface area contributed by atoms with Crippen LogP contribution in [0.2, 0.25) is 0 Å². The first-order valence-corrected chi connectivity index (χ1v) is 3.97. The smallest absolute Gasteiger partial charge is 0.192 e. The van der Waals surface area contributed by atoms with E-state index in [-0.39, 0.29) is 11.5 Å². The van der Waals surface area contributed by atoms with Crippen LogP contribution in [-0.4, -0.2) is 35.8 Å². The molecule has 2 aromatic heterocycles. The molecule has 0 aromatic carbocycles. The summed E-state index contributed by atoms with van der Waals surface area (Å²) in [6.45, 7) is 0. The van der Waals surface area contributed by atoms with Gasteiger partial charge < -0.3 is 10.9 Å². The first-order chi connectivity index (χ1) is 7.33. The Kier molecular flexibility index (Phi) is 2.23. The number of aromatic nitrogens is 5. The van der Waals surface area contributed by atoms with E-state index in [1.54, 1.807) is 0 Å². The second kappa shape index (κ2) is 3.70. The van der Waals surface area contributed by atoms with Crippen LogP contribution < -0.4 is 5.73 Å². The van der Waals surface area contributed by atoms with Crippen LogP contribution in [0.25, 0.3) is 5.82 Å². The van der Waals surface area contributed by atoms with E-state index in [1.807, 2.05) is 0 Å². The normalized spacial score (nSPS) is 11.6. The monoisotopic (exact) mass is 205 g/mol. The van der Waals surface area contributed by atoms with Crippen LogP contribution in [-0.2, 0) is 0 Å². The summed E-state index contributed by atoms with van der Waals surface area (Å²) in [4.78, 5) is 11.7. The van der Waals surface area contributed by atoms with E-state index in [2.05, 4.69) is 25.2 Å². The molecule has 8 nitrogen and oxygen atoms in total. The van der Waals surface area contributed by atoms with E-state index >= 15 is 0 Å². The van der Waals surface area contributed by atoms with Crippen molar-refractivity contribution in [3.05, 3.63) is 30.7 Å². The zero-order chi connectivity index (χ0) is 10.7. The third kappa shape index (κ3) is 1.59. The summed E-state index contributed by atoms with van der Waals surface area (Å²) in [5.41, 5.74) is 5.68. The Labute approximate surface area is 84.1 Å². The summed E-state index contributed by atoms with van der Waals surface area (Å²) in [5, 5.41) is 15.3. The minimum absolute atomic E-state index is 0.131. The van der Waals surface area contributed by atoms with E-state index in [9.17, 15) is 0 Å². The quantitative estimate of drug-likeness (QED) is 0.285. The number of nitrogens with two attached hydrogens (primary N) is 1. The van der Waals surface area contributed by atoms with Gasteiger partial charge >= 0.3 is 0 Å². The molecule has 2 aromatic rings. The Hall–Kier alpha value is -2.51. The van der Waals surface area contributed by atoms with Crippen LogP contribution in [0.4, 0.5) is 0 Å². The van der Waals surface area contributed by atoms with Crippen LogP contribution in [0, 0.1) is 0 Å². The molecule has 0 amide bonds. The average Bonchev–Trinajstić information content (AvgIpc) is 2.81. The standard InChI is InChI=1S/C7H7N7O/c8-6(13-15)5-7(11-2-1-10-5)14-4-9-3-12-14/h1-4,15H,(H2,8,13). The van der Waals surface area contributed by atoms with E-state index in [1.165, 1.54) is 29.7 Å². The van der Waals surface area contributed by atoms with E-state index in [0.29, 0.717) is 5.82 Å². The summed E-state index contributed by atoms with van der Waals surface area (Å²) in [7, 11) is 0. The summed E-state index contributed by atoms with van der Waals surface area (Å²) >= 11 is 0. The van der Waals surface area contributed by atoms with Gasteiger partial charge in [-0.25, -0.2) is 19.6 Å². The van der Waals surface area contributed by atoms with E-state index in [0.717, 1.165) is 0 Å². The maximum atomic E-state index is 8.56. The highest BCUT2D eigenvalue weighted by molar-refractivity contribution is 5.97. The largest absolute Gasteiger partial charge is 0.409 e. The molecular formula is C7H7N7O. The molecule has 0 aliphatic heterocycles.